The van der Waals surface area contributed by atoms with Crippen molar-refractivity contribution >= 4 is 35.1 Å². The first-order valence-electron chi connectivity index (χ1n) is 10.5. The number of carboxylic acids is 2. The molecule has 0 radical (unpaired) electrons. The molecule has 1 aliphatic rings. The van der Waals surface area contributed by atoms with Gasteiger partial charge in [0.05, 0.1) is 6.07 Å². The number of nitrogens with zero attached hydrogens (tertiary/aromatic N) is 1. The van der Waals surface area contributed by atoms with Gasteiger partial charge in [-0.25, -0.2) is 4.79 Å². The molecule has 35 heavy (non-hydrogen) atoms. The van der Waals surface area contributed by atoms with Gasteiger partial charge in [-0.15, -0.1) is 0 Å². The van der Waals surface area contributed by atoms with E-state index in [9.17, 15) is 28.3 Å². The van der Waals surface area contributed by atoms with Crippen LogP contribution < -0.4 is 5.32 Å². The predicted molar refractivity (Wildman–Crippen MR) is 124 cm³/mol. The van der Waals surface area contributed by atoms with Gasteiger partial charge in [0, 0.05) is 21.5 Å². The number of nitriles is 1. The average Bonchev–Trinajstić information content (AvgIpc) is 3.11. The minimum Gasteiger partial charge on any atom is -0.480 e. The van der Waals surface area contributed by atoms with E-state index >= 15 is 0 Å². The molecule has 0 spiro atoms. The molecule has 1 saturated heterocycles. The van der Waals surface area contributed by atoms with Crippen molar-refractivity contribution in [2.45, 2.75) is 55.8 Å². The molecule has 1 unspecified atom stereocenters. The summed E-state index contributed by atoms with van der Waals surface area (Å²) in [5, 5.41) is 32.1. The van der Waals surface area contributed by atoms with Gasteiger partial charge >= 0.3 is 18.1 Å². The number of hydrogen-bond donors (Lipinski definition) is 3. The predicted octanol–water partition coefficient (Wildman–Crippen LogP) is 5.79. The molecule has 0 aliphatic carbocycles. The molecule has 6 nitrogen and oxygen atoms in total. The molecule has 0 amide bonds. The summed E-state index contributed by atoms with van der Waals surface area (Å²) in [7, 11) is 0. The molecule has 1 fully saturated rings. The summed E-state index contributed by atoms with van der Waals surface area (Å²) in [5.41, 5.74) is -0.336. The maximum absolute atomic E-state index is 12.3. The first-order valence-corrected chi connectivity index (χ1v) is 11.3. The second-order valence-electron chi connectivity index (χ2n) is 8.01. The smallest absolute Gasteiger partial charge is 0.480 e. The number of nitrogens with one attached hydrogen (secondary N) is 1. The van der Waals surface area contributed by atoms with Crippen molar-refractivity contribution in [1.29, 1.82) is 5.26 Å². The molecule has 1 aliphatic heterocycles. The van der Waals surface area contributed by atoms with Crippen LogP contribution in [0.25, 0.3) is 0 Å². The molecule has 1 heterocycles. The van der Waals surface area contributed by atoms with Crippen molar-refractivity contribution in [2.75, 3.05) is 0 Å². The zero-order valence-corrected chi connectivity index (χ0v) is 20.2. The second kappa shape index (κ2) is 10.9. The third-order valence-corrected chi connectivity index (χ3v) is 6.87. The maximum Gasteiger partial charge on any atom is 0.490 e. The van der Waals surface area contributed by atoms with E-state index in [1.807, 2.05) is 32.0 Å². The summed E-state index contributed by atoms with van der Waals surface area (Å²) in [5.74, 6) is -4.36. The van der Waals surface area contributed by atoms with Gasteiger partial charge < -0.3 is 10.2 Å². The van der Waals surface area contributed by atoms with Crippen molar-refractivity contribution < 1.29 is 33.0 Å². The molecule has 0 saturated carbocycles. The first kappa shape index (κ1) is 28.4. The first-order chi connectivity index (χ1) is 16.3. The lowest BCUT2D eigenvalue weighted by molar-refractivity contribution is -0.192. The number of carboxylic acid groups (broad SMARTS) is 2. The Kier molecular flexibility index (Phi) is 8.82. The Labute approximate surface area is 210 Å². The molecule has 11 heteroatoms. The minimum absolute atomic E-state index is 0.509. The molecule has 0 aromatic heterocycles. The third kappa shape index (κ3) is 5.40. The van der Waals surface area contributed by atoms with Gasteiger partial charge in [0.2, 0.25) is 0 Å². The van der Waals surface area contributed by atoms with E-state index in [0.717, 1.165) is 11.1 Å². The Morgan fingerprint density at radius 3 is 2.00 bits per heavy atom. The molecule has 3 atom stereocenters. The lowest BCUT2D eigenvalue weighted by Crippen LogP contribution is -2.54. The molecule has 3 rings (SSSR count). The Morgan fingerprint density at radius 2 is 1.60 bits per heavy atom. The second-order valence-corrected chi connectivity index (χ2v) is 8.88. The van der Waals surface area contributed by atoms with E-state index in [-0.39, 0.29) is 0 Å². The fourth-order valence-electron chi connectivity index (χ4n) is 4.81. The highest BCUT2D eigenvalue weighted by Crippen LogP contribution is 2.56. The SMILES string of the molecule is CCC1(CC)N[C@@H](C(=O)O)C(c2cccc(Cl)c2)[C@@]1(C#N)c1ccc(Cl)cc1.O=C(O)C(F)(F)F. The highest BCUT2D eigenvalue weighted by molar-refractivity contribution is 6.30. The van der Waals surface area contributed by atoms with Crippen LogP contribution in [-0.4, -0.2) is 39.9 Å². The number of aliphatic carboxylic acids is 2. The number of halogens is 5. The van der Waals surface area contributed by atoms with Gasteiger partial charge in [-0.05, 0) is 48.2 Å². The topological polar surface area (TPSA) is 110 Å². The van der Waals surface area contributed by atoms with Crippen LogP contribution in [0.3, 0.4) is 0 Å². The van der Waals surface area contributed by atoms with Gasteiger partial charge in [0.15, 0.2) is 0 Å². The van der Waals surface area contributed by atoms with Gasteiger partial charge in [0.1, 0.15) is 11.5 Å². The van der Waals surface area contributed by atoms with Crippen molar-refractivity contribution in [2.24, 2.45) is 0 Å². The number of rotatable bonds is 5. The standard InChI is InChI=1S/C22H22Cl2N2O2.C2HF3O2/c1-3-21(4-2)22(13-25,15-8-10-16(23)11-9-15)18(19(26-21)20(27)28)14-6-5-7-17(24)12-14;3-2(4,5)1(6)7/h5-12,18-19,26H,3-4H2,1-2H3,(H,27,28);(H,6,7)/t18?,19-,22-;/m1./s1. The van der Waals surface area contributed by atoms with Crippen LogP contribution in [0.2, 0.25) is 10.0 Å². The van der Waals surface area contributed by atoms with Crippen molar-refractivity contribution in [3.8, 4) is 6.07 Å². The molecular weight excluding hydrogens is 508 g/mol. The van der Waals surface area contributed by atoms with Crippen LogP contribution in [0.1, 0.15) is 43.7 Å². The number of alkyl halides is 3. The summed E-state index contributed by atoms with van der Waals surface area (Å²) in [6.07, 6.45) is -3.89. The highest BCUT2D eigenvalue weighted by atomic mass is 35.5. The zero-order chi connectivity index (χ0) is 26.6. The summed E-state index contributed by atoms with van der Waals surface area (Å²) in [6.45, 7) is 3.97. The quantitative estimate of drug-likeness (QED) is 0.451. The summed E-state index contributed by atoms with van der Waals surface area (Å²) in [4.78, 5) is 21.1. The molecule has 0 bridgehead atoms. The van der Waals surface area contributed by atoms with Crippen LogP contribution in [0.4, 0.5) is 13.2 Å². The molecule has 188 valence electrons. The Morgan fingerprint density at radius 1 is 1.06 bits per heavy atom. The van der Waals surface area contributed by atoms with Gasteiger partial charge in [-0.1, -0.05) is 61.3 Å². The van der Waals surface area contributed by atoms with Crippen molar-refractivity contribution in [3.05, 3.63) is 69.7 Å². The van der Waals surface area contributed by atoms with Crippen LogP contribution in [0, 0.1) is 11.3 Å². The fourth-order valence-corrected chi connectivity index (χ4v) is 5.14. The fraction of sp³-hybridized carbons (Fsp3) is 0.375. The summed E-state index contributed by atoms with van der Waals surface area (Å²) >= 11 is 12.3. The Balaban J connectivity index is 0.000000540. The van der Waals surface area contributed by atoms with E-state index in [1.54, 1.807) is 30.3 Å². The normalized spacial score (nSPS) is 23.0. The molecule has 2 aromatic rings. The summed E-state index contributed by atoms with van der Waals surface area (Å²) in [6, 6.07) is 15.9. The monoisotopic (exact) mass is 530 g/mol. The molecule has 2 aromatic carbocycles. The van der Waals surface area contributed by atoms with Gasteiger partial charge in [0.25, 0.3) is 0 Å². The Hall–Kier alpha value is -2.80. The third-order valence-electron chi connectivity index (χ3n) is 6.39. The number of hydrogen-bond acceptors (Lipinski definition) is 4. The van der Waals surface area contributed by atoms with Crippen LogP contribution in [0.15, 0.2) is 48.5 Å². The Bertz CT molecular complexity index is 1110. The summed E-state index contributed by atoms with van der Waals surface area (Å²) < 4.78 is 31.7. The van der Waals surface area contributed by atoms with E-state index < -0.39 is 41.0 Å². The van der Waals surface area contributed by atoms with E-state index in [1.165, 1.54) is 0 Å². The van der Waals surface area contributed by atoms with Crippen molar-refractivity contribution in [3.63, 3.8) is 0 Å². The van der Waals surface area contributed by atoms with E-state index in [4.69, 9.17) is 33.1 Å². The maximum atomic E-state index is 12.3. The van der Waals surface area contributed by atoms with Crippen LogP contribution in [-0.2, 0) is 15.0 Å². The van der Waals surface area contributed by atoms with E-state index in [0.29, 0.717) is 22.9 Å². The van der Waals surface area contributed by atoms with Gasteiger partial charge in [-0.2, -0.15) is 18.4 Å². The van der Waals surface area contributed by atoms with Gasteiger partial charge in [-0.3, -0.25) is 10.1 Å². The van der Waals surface area contributed by atoms with Crippen LogP contribution >= 0.6 is 23.2 Å². The number of carbonyl (C=O) groups is 2. The lowest BCUT2D eigenvalue weighted by atomic mass is 9.58. The van der Waals surface area contributed by atoms with Crippen molar-refractivity contribution in [1.82, 2.24) is 5.32 Å². The molecule has 3 N–H and O–H groups in total. The minimum atomic E-state index is -5.08. The average molecular weight is 531 g/mol. The highest BCUT2D eigenvalue weighted by Gasteiger charge is 2.65. The van der Waals surface area contributed by atoms with E-state index in [2.05, 4.69) is 11.4 Å². The molecular formula is C24H23Cl2F3N2O4. The van der Waals surface area contributed by atoms with Crippen LogP contribution in [0.5, 0.6) is 0 Å². The lowest BCUT2D eigenvalue weighted by Gasteiger charge is -2.43. The zero-order valence-electron chi connectivity index (χ0n) is 18.7. The number of benzene rings is 2. The largest absolute Gasteiger partial charge is 0.490 e.